The van der Waals surface area contributed by atoms with Gasteiger partial charge in [-0.2, -0.15) is 0 Å². The molecule has 0 bridgehead atoms. The fourth-order valence-corrected chi connectivity index (χ4v) is 6.16. The first-order chi connectivity index (χ1) is 20.6. The van der Waals surface area contributed by atoms with E-state index in [9.17, 15) is 33.9 Å². The van der Waals surface area contributed by atoms with Crippen molar-refractivity contribution in [3.05, 3.63) is 0 Å². The average Bonchev–Trinajstić information content (AvgIpc) is 3.39. The van der Waals surface area contributed by atoms with E-state index in [1.807, 2.05) is 0 Å². The monoisotopic (exact) mass is 631 g/mol. The lowest BCUT2D eigenvalue weighted by Gasteiger charge is -2.56. The second-order valence-corrected chi connectivity index (χ2v) is 11.1. The maximum atomic E-state index is 13.8. The molecule has 3 fully saturated rings. The molecular formula is C28H41NO15. The van der Waals surface area contributed by atoms with E-state index in [0.29, 0.717) is 13.2 Å². The molecule has 2 aliphatic heterocycles. The van der Waals surface area contributed by atoms with E-state index < -0.39 is 96.2 Å². The normalized spacial score (nSPS) is 28.6. The number of carbonyl (C=O) groups excluding carboxylic acids is 6. The maximum absolute atomic E-state index is 13.8. The fraction of sp³-hybridized carbons (Fsp3) is 0.786. The van der Waals surface area contributed by atoms with Crippen LogP contribution in [0.2, 0.25) is 0 Å². The van der Waals surface area contributed by atoms with Crippen LogP contribution in [0.4, 0.5) is 0 Å². The molecule has 1 aliphatic carbocycles. The van der Waals surface area contributed by atoms with Crippen LogP contribution in [0.1, 0.15) is 66.7 Å². The smallest absolute Gasteiger partial charge is 0.341 e. The quantitative estimate of drug-likeness (QED) is 0.232. The van der Waals surface area contributed by atoms with Gasteiger partial charge in [0.05, 0.1) is 26.4 Å². The predicted octanol–water partition coefficient (Wildman–Crippen LogP) is -0.402. The molecule has 6 atom stereocenters. The number of nitrogens with one attached hydrogen (secondary N) is 1. The van der Waals surface area contributed by atoms with Crippen molar-refractivity contribution in [2.24, 2.45) is 0 Å². The van der Waals surface area contributed by atoms with Crippen LogP contribution in [-0.4, -0.2) is 115 Å². The van der Waals surface area contributed by atoms with Crippen molar-refractivity contribution in [1.82, 2.24) is 5.32 Å². The first-order valence-electron chi connectivity index (χ1n) is 14.3. The molecule has 1 spiro atoms. The van der Waals surface area contributed by atoms with Crippen molar-refractivity contribution in [2.45, 2.75) is 114 Å². The lowest BCUT2D eigenvalue weighted by molar-refractivity contribution is -0.298. The minimum absolute atomic E-state index is 0.0918. The number of hydrogen-bond donors (Lipinski definition) is 2. The van der Waals surface area contributed by atoms with Crippen molar-refractivity contribution in [2.75, 3.05) is 26.9 Å². The van der Waals surface area contributed by atoms with E-state index in [-0.39, 0.29) is 25.7 Å². The number of amides is 1. The summed E-state index contributed by atoms with van der Waals surface area (Å²) in [5.74, 6) is -5.93. The zero-order valence-corrected chi connectivity index (χ0v) is 25.7. The Morgan fingerprint density at radius 2 is 1.45 bits per heavy atom. The number of ether oxygens (including phenoxy) is 8. The first-order valence-corrected chi connectivity index (χ1v) is 14.3. The third kappa shape index (κ3) is 7.83. The van der Waals surface area contributed by atoms with Crippen molar-refractivity contribution in [3.63, 3.8) is 0 Å². The lowest BCUT2D eigenvalue weighted by atomic mass is 9.66. The summed E-state index contributed by atoms with van der Waals surface area (Å²) in [7, 11) is 1.08. The fourth-order valence-electron chi connectivity index (χ4n) is 6.16. The molecule has 0 aromatic carbocycles. The topological polar surface area (TPSA) is 209 Å². The second kappa shape index (κ2) is 14.2. The van der Waals surface area contributed by atoms with Gasteiger partial charge < -0.3 is 48.3 Å². The summed E-state index contributed by atoms with van der Waals surface area (Å²) < 4.78 is 44.7. The Morgan fingerprint density at radius 3 is 1.93 bits per heavy atom. The Hall–Kier alpha value is -3.34. The molecule has 16 heteroatoms. The molecule has 16 nitrogen and oxygen atoms in total. The molecule has 0 unspecified atom stereocenters. The Balaban J connectivity index is 2.20. The third-order valence-electron chi connectivity index (χ3n) is 7.95. The minimum Gasteiger partial charge on any atom is -0.467 e. The molecule has 0 aromatic heterocycles. The van der Waals surface area contributed by atoms with Gasteiger partial charge >= 0.3 is 29.8 Å². The number of aliphatic hydroxyl groups is 1. The van der Waals surface area contributed by atoms with Crippen LogP contribution in [-0.2, 0) is 66.7 Å². The molecule has 0 radical (unpaired) electrons. The SMILES string of the molecule is COC(=O)[C@@]1(C2(O)CCC3(CC2)OCCO3)C[C@H](OC(C)=O)[C@@H](NC(C)=O)[C@H]([C@H](OC(C)=O)[C@@H](COC(C)=O)OC(C)=O)O1. The van der Waals surface area contributed by atoms with Crippen LogP contribution < -0.4 is 5.32 Å². The number of methoxy groups -OCH3 is 1. The van der Waals surface area contributed by atoms with Gasteiger partial charge in [0.1, 0.15) is 24.4 Å². The largest absolute Gasteiger partial charge is 0.467 e. The average molecular weight is 632 g/mol. The Labute approximate surface area is 254 Å². The Morgan fingerprint density at radius 1 is 0.864 bits per heavy atom. The van der Waals surface area contributed by atoms with Gasteiger partial charge in [0.2, 0.25) is 5.91 Å². The molecule has 2 saturated heterocycles. The molecule has 3 aliphatic rings. The van der Waals surface area contributed by atoms with E-state index in [4.69, 9.17) is 37.9 Å². The summed E-state index contributed by atoms with van der Waals surface area (Å²) in [5.41, 5.74) is -4.26. The van der Waals surface area contributed by atoms with Crippen LogP contribution in [0.5, 0.6) is 0 Å². The van der Waals surface area contributed by atoms with Gasteiger partial charge in [-0.3, -0.25) is 24.0 Å². The number of rotatable bonds is 10. The zero-order valence-electron chi connectivity index (χ0n) is 25.7. The minimum atomic E-state index is -2.28. The highest BCUT2D eigenvalue weighted by Gasteiger charge is 2.68. The van der Waals surface area contributed by atoms with Gasteiger partial charge in [-0.05, 0) is 12.8 Å². The summed E-state index contributed by atoms with van der Waals surface area (Å²) in [4.78, 5) is 74.7. The van der Waals surface area contributed by atoms with E-state index in [2.05, 4.69) is 5.32 Å². The summed E-state index contributed by atoms with van der Waals surface area (Å²) in [6.07, 6.45) is -6.54. The van der Waals surface area contributed by atoms with Crippen LogP contribution in [0.3, 0.4) is 0 Å². The van der Waals surface area contributed by atoms with E-state index in [1.165, 1.54) is 6.92 Å². The molecule has 2 heterocycles. The Bertz CT molecular complexity index is 1110. The molecule has 1 saturated carbocycles. The molecule has 44 heavy (non-hydrogen) atoms. The van der Waals surface area contributed by atoms with Gasteiger partial charge in [0.25, 0.3) is 0 Å². The molecule has 248 valence electrons. The third-order valence-corrected chi connectivity index (χ3v) is 7.95. The van der Waals surface area contributed by atoms with Gasteiger partial charge in [-0.1, -0.05) is 0 Å². The molecule has 3 rings (SSSR count). The van der Waals surface area contributed by atoms with Crippen molar-refractivity contribution >= 4 is 35.8 Å². The summed E-state index contributed by atoms with van der Waals surface area (Å²) in [5, 5.41) is 14.8. The van der Waals surface area contributed by atoms with E-state index >= 15 is 0 Å². The van der Waals surface area contributed by atoms with Crippen LogP contribution in [0.25, 0.3) is 0 Å². The molecule has 0 aromatic rings. The standard InChI is InChI=1S/C28H41NO15/c1-15(30)29-22-20(41-17(3)32)13-28(25(35)37-6,26(36)7-9-27(10-8-26)39-11-12-40-27)44-24(22)23(43-19(5)34)21(42-18(4)33)14-38-16(2)31/h20-24,36H,7-14H2,1-6H3,(H,29,30)/t20-,21+,22+,23+,24+,28+/m0/s1. The van der Waals surface area contributed by atoms with Crippen LogP contribution in [0.15, 0.2) is 0 Å². The molecule has 2 N–H and O–H groups in total. The summed E-state index contributed by atoms with van der Waals surface area (Å²) >= 11 is 0. The first kappa shape index (κ1) is 35.1. The molecular weight excluding hydrogens is 590 g/mol. The van der Waals surface area contributed by atoms with Gasteiger partial charge in [-0.25, -0.2) is 4.79 Å². The molecule has 1 amide bonds. The zero-order chi connectivity index (χ0) is 32.9. The van der Waals surface area contributed by atoms with Crippen molar-refractivity contribution in [1.29, 1.82) is 0 Å². The van der Waals surface area contributed by atoms with Gasteiger partial charge in [-0.15, -0.1) is 0 Å². The van der Waals surface area contributed by atoms with Crippen molar-refractivity contribution < 1.29 is 71.8 Å². The second-order valence-electron chi connectivity index (χ2n) is 11.1. The number of esters is 5. The van der Waals surface area contributed by atoms with E-state index in [1.54, 1.807) is 0 Å². The maximum Gasteiger partial charge on any atom is 0.341 e. The Kier molecular flexibility index (Phi) is 11.3. The lowest BCUT2D eigenvalue weighted by Crippen LogP contribution is -2.74. The van der Waals surface area contributed by atoms with Gasteiger partial charge in [0.15, 0.2) is 23.6 Å². The highest BCUT2D eigenvalue weighted by molar-refractivity contribution is 5.82. The van der Waals surface area contributed by atoms with Gasteiger partial charge in [0, 0.05) is 53.9 Å². The predicted molar refractivity (Wildman–Crippen MR) is 143 cm³/mol. The van der Waals surface area contributed by atoms with Crippen LogP contribution >= 0.6 is 0 Å². The number of carbonyl (C=O) groups is 6. The summed E-state index contributed by atoms with van der Waals surface area (Å²) in [6, 6.07) is -1.33. The van der Waals surface area contributed by atoms with Crippen molar-refractivity contribution in [3.8, 4) is 0 Å². The highest BCUT2D eigenvalue weighted by atomic mass is 16.7. The van der Waals surface area contributed by atoms with E-state index in [0.717, 1.165) is 34.8 Å². The van der Waals surface area contributed by atoms with Crippen LogP contribution in [0, 0.1) is 0 Å². The number of hydrogen-bond acceptors (Lipinski definition) is 15. The highest BCUT2D eigenvalue weighted by Crippen LogP contribution is 2.51. The summed E-state index contributed by atoms with van der Waals surface area (Å²) in [6.45, 7) is 5.58.